The lowest BCUT2D eigenvalue weighted by Crippen LogP contribution is -2.32. The molecule has 0 aromatic heterocycles. The first-order chi connectivity index (χ1) is 10.7. The number of likely N-dealkylation sites (tertiary alicyclic amines) is 1. The highest BCUT2D eigenvalue weighted by Crippen LogP contribution is 2.31. The lowest BCUT2D eigenvalue weighted by molar-refractivity contribution is 0.320. The molecule has 1 aliphatic heterocycles. The molecule has 2 nitrogen and oxygen atoms in total. The summed E-state index contributed by atoms with van der Waals surface area (Å²) in [6, 6.07) is 17.5. The Balaban J connectivity index is 1.77. The predicted octanol–water partition coefficient (Wildman–Crippen LogP) is 3.84. The lowest BCUT2D eigenvalue weighted by Gasteiger charge is -2.20. The highest BCUT2D eigenvalue weighted by Gasteiger charge is 2.33. The molecule has 1 heterocycles. The van der Waals surface area contributed by atoms with E-state index in [1.807, 2.05) is 6.07 Å². The first-order valence-corrected chi connectivity index (χ1v) is 8.25. The zero-order valence-electron chi connectivity index (χ0n) is 13.2. The summed E-state index contributed by atoms with van der Waals surface area (Å²) in [7, 11) is 2.06. The molecular weight excluding hydrogens is 292 g/mol. The predicted molar refractivity (Wildman–Crippen MR) is 93.5 cm³/mol. The van der Waals surface area contributed by atoms with Gasteiger partial charge in [0.05, 0.1) is 0 Å². The summed E-state index contributed by atoms with van der Waals surface area (Å²) in [5, 5.41) is 4.32. The molecule has 0 spiro atoms. The zero-order chi connectivity index (χ0) is 15.5. The van der Waals surface area contributed by atoms with Crippen molar-refractivity contribution in [2.45, 2.75) is 25.4 Å². The minimum atomic E-state index is 0.489. The Morgan fingerprint density at radius 2 is 1.91 bits per heavy atom. The van der Waals surface area contributed by atoms with E-state index in [1.165, 1.54) is 16.7 Å². The van der Waals surface area contributed by atoms with Crippen molar-refractivity contribution in [1.82, 2.24) is 10.2 Å². The van der Waals surface area contributed by atoms with Gasteiger partial charge in [-0.3, -0.25) is 4.90 Å². The number of rotatable bonds is 4. The number of hydrogen-bond acceptors (Lipinski definition) is 2. The van der Waals surface area contributed by atoms with Crippen LogP contribution in [0.4, 0.5) is 0 Å². The standard InChI is InChI=1S/C19H23ClN2/c1-14-10-16(20)8-9-17(14)18-12-22(13-19(18)21-2)11-15-6-4-3-5-7-15/h3-10,18-19,21H,11-13H2,1-2H3/t18-,19+/m1/s1. The van der Waals surface area contributed by atoms with Gasteiger partial charge in [0.2, 0.25) is 0 Å². The lowest BCUT2D eigenvalue weighted by atomic mass is 9.91. The monoisotopic (exact) mass is 314 g/mol. The first-order valence-electron chi connectivity index (χ1n) is 7.87. The maximum atomic E-state index is 6.10. The average molecular weight is 315 g/mol. The molecule has 3 rings (SSSR count). The van der Waals surface area contributed by atoms with E-state index in [-0.39, 0.29) is 0 Å². The number of nitrogens with zero attached hydrogens (tertiary/aromatic N) is 1. The van der Waals surface area contributed by atoms with E-state index < -0.39 is 0 Å². The van der Waals surface area contributed by atoms with E-state index in [0.717, 1.165) is 24.7 Å². The summed E-state index contributed by atoms with van der Waals surface area (Å²) >= 11 is 6.10. The van der Waals surface area contributed by atoms with Crippen LogP contribution < -0.4 is 5.32 Å². The van der Waals surface area contributed by atoms with Crippen molar-refractivity contribution in [3.05, 3.63) is 70.2 Å². The highest BCUT2D eigenvalue weighted by molar-refractivity contribution is 6.30. The summed E-state index contributed by atoms with van der Waals surface area (Å²) in [6.07, 6.45) is 0. The number of hydrogen-bond donors (Lipinski definition) is 1. The van der Waals surface area contributed by atoms with Crippen molar-refractivity contribution in [2.24, 2.45) is 0 Å². The van der Waals surface area contributed by atoms with Crippen molar-refractivity contribution in [2.75, 3.05) is 20.1 Å². The Labute approximate surface area is 138 Å². The average Bonchev–Trinajstić information content (AvgIpc) is 2.91. The van der Waals surface area contributed by atoms with Gasteiger partial charge < -0.3 is 5.32 Å². The smallest absolute Gasteiger partial charge is 0.0408 e. The Kier molecular flexibility index (Phi) is 4.82. The molecule has 1 saturated heterocycles. The Morgan fingerprint density at radius 1 is 1.14 bits per heavy atom. The van der Waals surface area contributed by atoms with Gasteiger partial charge in [-0.05, 0) is 42.8 Å². The van der Waals surface area contributed by atoms with Crippen LogP contribution in [0.15, 0.2) is 48.5 Å². The summed E-state index contributed by atoms with van der Waals surface area (Å²) < 4.78 is 0. The molecule has 0 saturated carbocycles. The van der Waals surface area contributed by atoms with Crippen LogP contribution in [0.25, 0.3) is 0 Å². The SMILES string of the molecule is CN[C@H]1CN(Cc2ccccc2)C[C@@H]1c1ccc(Cl)cc1C. The van der Waals surface area contributed by atoms with Crippen LogP contribution in [0.3, 0.4) is 0 Å². The van der Waals surface area contributed by atoms with Gasteiger partial charge in [-0.1, -0.05) is 48.0 Å². The number of benzene rings is 2. The molecule has 1 fully saturated rings. The van der Waals surface area contributed by atoms with Gasteiger partial charge in [-0.15, -0.1) is 0 Å². The van der Waals surface area contributed by atoms with E-state index in [2.05, 4.69) is 66.7 Å². The number of likely N-dealkylation sites (N-methyl/N-ethyl adjacent to an activating group) is 1. The fourth-order valence-electron chi connectivity index (χ4n) is 3.52. The maximum Gasteiger partial charge on any atom is 0.0408 e. The van der Waals surface area contributed by atoms with Gasteiger partial charge in [0.1, 0.15) is 0 Å². The van der Waals surface area contributed by atoms with Crippen LogP contribution in [-0.4, -0.2) is 31.1 Å². The van der Waals surface area contributed by atoms with Crippen LogP contribution in [0, 0.1) is 6.92 Å². The van der Waals surface area contributed by atoms with Crippen LogP contribution in [0.2, 0.25) is 5.02 Å². The van der Waals surface area contributed by atoms with E-state index in [0.29, 0.717) is 12.0 Å². The first kappa shape index (κ1) is 15.5. The summed E-state index contributed by atoms with van der Waals surface area (Å²) in [5.41, 5.74) is 4.09. The second-order valence-electron chi connectivity index (χ2n) is 6.18. The van der Waals surface area contributed by atoms with Crippen molar-refractivity contribution >= 4 is 11.6 Å². The fraction of sp³-hybridized carbons (Fsp3) is 0.368. The van der Waals surface area contributed by atoms with Crippen molar-refractivity contribution in [1.29, 1.82) is 0 Å². The molecule has 0 unspecified atom stereocenters. The van der Waals surface area contributed by atoms with E-state index in [9.17, 15) is 0 Å². The minimum Gasteiger partial charge on any atom is -0.315 e. The molecule has 0 aliphatic carbocycles. The molecule has 22 heavy (non-hydrogen) atoms. The second kappa shape index (κ2) is 6.82. The molecule has 116 valence electrons. The normalized spacial score (nSPS) is 22.1. The topological polar surface area (TPSA) is 15.3 Å². The van der Waals surface area contributed by atoms with Gasteiger partial charge in [0, 0.05) is 36.6 Å². The Bertz CT molecular complexity index is 627. The molecule has 1 N–H and O–H groups in total. The number of nitrogens with one attached hydrogen (secondary N) is 1. The highest BCUT2D eigenvalue weighted by atomic mass is 35.5. The zero-order valence-corrected chi connectivity index (χ0v) is 14.0. The van der Waals surface area contributed by atoms with Gasteiger partial charge >= 0.3 is 0 Å². The third-order valence-corrected chi connectivity index (χ3v) is 4.88. The largest absolute Gasteiger partial charge is 0.315 e. The fourth-order valence-corrected chi connectivity index (χ4v) is 3.75. The van der Waals surface area contributed by atoms with Crippen LogP contribution >= 0.6 is 11.6 Å². The van der Waals surface area contributed by atoms with Crippen molar-refractivity contribution < 1.29 is 0 Å². The molecule has 0 bridgehead atoms. The molecule has 2 aromatic rings. The Hall–Kier alpha value is -1.35. The van der Waals surface area contributed by atoms with E-state index >= 15 is 0 Å². The Morgan fingerprint density at radius 3 is 2.59 bits per heavy atom. The summed E-state index contributed by atoms with van der Waals surface area (Å²) in [4.78, 5) is 2.54. The van der Waals surface area contributed by atoms with Crippen LogP contribution in [0.5, 0.6) is 0 Å². The van der Waals surface area contributed by atoms with Gasteiger partial charge in [0.15, 0.2) is 0 Å². The second-order valence-corrected chi connectivity index (χ2v) is 6.62. The van der Waals surface area contributed by atoms with E-state index in [4.69, 9.17) is 11.6 Å². The number of aryl methyl sites for hydroxylation is 1. The molecule has 2 atom stereocenters. The van der Waals surface area contributed by atoms with Gasteiger partial charge in [-0.25, -0.2) is 0 Å². The van der Waals surface area contributed by atoms with Crippen LogP contribution in [-0.2, 0) is 6.54 Å². The molecule has 0 radical (unpaired) electrons. The molecule has 3 heteroatoms. The maximum absolute atomic E-state index is 6.10. The van der Waals surface area contributed by atoms with Crippen molar-refractivity contribution in [3.63, 3.8) is 0 Å². The van der Waals surface area contributed by atoms with Gasteiger partial charge in [0.25, 0.3) is 0 Å². The van der Waals surface area contributed by atoms with Crippen molar-refractivity contribution in [3.8, 4) is 0 Å². The minimum absolute atomic E-state index is 0.489. The van der Waals surface area contributed by atoms with E-state index in [1.54, 1.807) is 0 Å². The quantitative estimate of drug-likeness (QED) is 0.922. The van der Waals surface area contributed by atoms with Crippen LogP contribution in [0.1, 0.15) is 22.6 Å². The molecule has 2 aromatic carbocycles. The molecule has 1 aliphatic rings. The number of halogens is 1. The van der Waals surface area contributed by atoms with Gasteiger partial charge in [-0.2, -0.15) is 0 Å². The summed E-state index contributed by atoms with van der Waals surface area (Å²) in [6.45, 7) is 5.34. The summed E-state index contributed by atoms with van der Waals surface area (Å²) in [5.74, 6) is 0.519. The molecular formula is C19H23ClN2. The third-order valence-electron chi connectivity index (χ3n) is 4.65. The third kappa shape index (κ3) is 3.35. The molecule has 0 amide bonds.